The number of aliphatic hydroxyl groups excluding tert-OH is 1. The molecule has 0 aromatic carbocycles. The molecular weight excluding hydrogens is 227 g/mol. The van der Waals surface area contributed by atoms with Crippen LogP contribution in [0.1, 0.15) is 22.5 Å². The standard InChI is InChI=1S/C11H11FN2OS/c1-7-6-16-11(14-7)4-10(15)9-3-2-8(12)5-13-9/h2-3,5-6,10,15H,4H2,1H3. The van der Waals surface area contributed by atoms with Crippen molar-refractivity contribution in [1.29, 1.82) is 0 Å². The third-order valence-electron chi connectivity index (χ3n) is 2.13. The predicted octanol–water partition coefficient (Wildman–Crippen LogP) is 2.26. The summed E-state index contributed by atoms with van der Waals surface area (Å²) < 4.78 is 12.6. The van der Waals surface area contributed by atoms with Crippen LogP contribution in [0.3, 0.4) is 0 Å². The van der Waals surface area contributed by atoms with Crippen LogP contribution in [0, 0.1) is 12.7 Å². The van der Waals surface area contributed by atoms with Crippen molar-refractivity contribution >= 4 is 11.3 Å². The van der Waals surface area contributed by atoms with Gasteiger partial charge in [-0.25, -0.2) is 9.37 Å². The molecule has 2 rings (SSSR count). The highest BCUT2D eigenvalue weighted by Gasteiger charge is 2.12. The van der Waals surface area contributed by atoms with Crippen molar-refractivity contribution < 1.29 is 9.50 Å². The van der Waals surface area contributed by atoms with Gasteiger partial charge < -0.3 is 5.11 Å². The van der Waals surface area contributed by atoms with Crippen LogP contribution in [0.2, 0.25) is 0 Å². The molecule has 1 N–H and O–H groups in total. The van der Waals surface area contributed by atoms with Gasteiger partial charge in [0.1, 0.15) is 11.9 Å². The van der Waals surface area contributed by atoms with Gasteiger partial charge in [0.2, 0.25) is 0 Å². The Labute approximate surface area is 96.6 Å². The molecule has 2 heterocycles. The smallest absolute Gasteiger partial charge is 0.141 e. The van der Waals surface area contributed by atoms with Crippen LogP contribution in [0.5, 0.6) is 0 Å². The fourth-order valence-corrected chi connectivity index (χ4v) is 2.16. The van der Waals surface area contributed by atoms with E-state index >= 15 is 0 Å². The van der Waals surface area contributed by atoms with E-state index in [-0.39, 0.29) is 0 Å². The van der Waals surface area contributed by atoms with Crippen molar-refractivity contribution in [2.24, 2.45) is 0 Å². The summed E-state index contributed by atoms with van der Waals surface area (Å²) >= 11 is 1.50. The average Bonchev–Trinajstić information content (AvgIpc) is 2.65. The van der Waals surface area contributed by atoms with Gasteiger partial charge in [0.25, 0.3) is 0 Å². The second-order valence-electron chi connectivity index (χ2n) is 3.50. The number of aromatic nitrogens is 2. The molecule has 0 bridgehead atoms. The van der Waals surface area contributed by atoms with Crippen LogP contribution in [0.4, 0.5) is 4.39 Å². The van der Waals surface area contributed by atoms with Gasteiger partial charge in [-0.1, -0.05) is 0 Å². The molecule has 16 heavy (non-hydrogen) atoms. The molecule has 5 heteroatoms. The summed E-state index contributed by atoms with van der Waals surface area (Å²) in [4.78, 5) is 8.08. The Morgan fingerprint density at radius 1 is 1.50 bits per heavy atom. The lowest BCUT2D eigenvalue weighted by Crippen LogP contribution is -2.04. The molecule has 0 radical (unpaired) electrons. The van der Waals surface area contributed by atoms with Crippen molar-refractivity contribution in [2.45, 2.75) is 19.4 Å². The number of thiazole rings is 1. The minimum Gasteiger partial charge on any atom is -0.386 e. The molecule has 0 fully saturated rings. The van der Waals surface area contributed by atoms with E-state index in [0.29, 0.717) is 12.1 Å². The van der Waals surface area contributed by atoms with Crippen LogP contribution in [-0.4, -0.2) is 15.1 Å². The zero-order chi connectivity index (χ0) is 11.5. The fraction of sp³-hybridized carbons (Fsp3) is 0.273. The summed E-state index contributed by atoms with van der Waals surface area (Å²) in [6.45, 7) is 1.91. The van der Waals surface area contributed by atoms with Gasteiger partial charge in [-0.15, -0.1) is 11.3 Å². The molecule has 1 atom stereocenters. The van der Waals surface area contributed by atoms with Gasteiger partial charge in [-0.2, -0.15) is 0 Å². The monoisotopic (exact) mass is 238 g/mol. The molecule has 2 aromatic heterocycles. The lowest BCUT2D eigenvalue weighted by Gasteiger charge is -2.07. The zero-order valence-electron chi connectivity index (χ0n) is 8.72. The predicted molar refractivity (Wildman–Crippen MR) is 59.7 cm³/mol. The van der Waals surface area contributed by atoms with Crippen molar-refractivity contribution in [1.82, 2.24) is 9.97 Å². The summed E-state index contributed by atoms with van der Waals surface area (Å²) in [5.74, 6) is -0.402. The SMILES string of the molecule is Cc1csc(CC(O)c2ccc(F)cn2)n1. The zero-order valence-corrected chi connectivity index (χ0v) is 9.54. The Hall–Kier alpha value is -1.33. The summed E-state index contributed by atoms with van der Waals surface area (Å²) in [5, 5.41) is 12.6. The van der Waals surface area contributed by atoms with Crippen molar-refractivity contribution in [2.75, 3.05) is 0 Å². The average molecular weight is 238 g/mol. The van der Waals surface area contributed by atoms with Gasteiger partial charge in [-0.05, 0) is 19.1 Å². The summed E-state index contributed by atoms with van der Waals surface area (Å²) in [6.07, 6.45) is 0.786. The quantitative estimate of drug-likeness (QED) is 0.892. The number of pyridine rings is 1. The molecule has 1 unspecified atom stereocenters. The van der Waals surface area contributed by atoms with E-state index in [2.05, 4.69) is 9.97 Å². The minimum atomic E-state index is -0.730. The Balaban J connectivity index is 2.08. The van der Waals surface area contributed by atoms with Crippen LogP contribution in [0.25, 0.3) is 0 Å². The Bertz CT molecular complexity index is 469. The maximum Gasteiger partial charge on any atom is 0.141 e. The highest BCUT2D eigenvalue weighted by Crippen LogP contribution is 2.19. The highest BCUT2D eigenvalue weighted by molar-refractivity contribution is 7.09. The van der Waals surface area contributed by atoms with Crippen LogP contribution < -0.4 is 0 Å². The Morgan fingerprint density at radius 2 is 2.31 bits per heavy atom. The largest absolute Gasteiger partial charge is 0.386 e. The highest BCUT2D eigenvalue weighted by atomic mass is 32.1. The third-order valence-corrected chi connectivity index (χ3v) is 3.12. The normalized spacial score (nSPS) is 12.7. The van der Waals surface area contributed by atoms with Crippen molar-refractivity contribution in [3.05, 3.63) is 45.9 Å². The number of halogens is 1. The van der Waals surface area contributed by atoms with E-state index in [4.69, 9.17) is 0 Å². The third kappa shape index (κ3) is 2.62. The summed E-state index contributed by atoms with van der Waals surface area (Å²) in [5.41, 5.74) is 1.41. The van der Waals surface area contributed by atoms with E-state index in [1.807, 2.05) is 12.3 Å². The molecular formula is C11H11FN2OS. The second kappa shape index (κ2) is 4.67. The maximum atomic E-state index is 12.6. The van der Waals surface area contributed by atoms with E-state index < -0.39 is 11.9 Å². The van der Waals surface area contributed by atoms with Gasteiger partial charge in [0, 0.05) is 17.5 Å². The minimum absolute atomic E-state index is 0.402. The number of aryl methyl sites for hydroxylation is 1. The van der Waals surface area contributed by atoms with Gasteiger partial charge in [0.15, 0.2) is 0 Å². The van der Waals surface area contributed by atoms with Crippen LogP contribution in [-0.2, 0) is 6.42 Å². The fourth-order valence-electron chi connectivity index (χ4n) is 1.35. The molecule has 0 saturated heterocycles. The topological polar surface area (TPSA) is 46.0 Å². The molecule has 3 nitrogen and oxygen atoms in total. The first-order valence-electron chi connectivity index (χ1n) is 4.85. The number of hydrogen-bond donors (Lipinski definition) is 1. The molecule has 0 saturated carbocycles. The summed E-state index contributed by atoms with van der Waals surface area (Å²) in [6, 6.07) is 2.78. The second-order valence-corrected chi connectivity index (χ2v) is 4.45. The lowest BCUT2D eigenvalue weighted by molar-refractivity contribution is 0.173. The maximum absolute atomic E-state index is 12.6. The van der Waals surface area contributed by atoms with Gasteiger partial charge in [-0.3, -0.25) is 4.98 Å². The lowest BCUT2D eigenvalue weighted by atomic mass is 10.2. The number of hydrogen-bond acceptors (Lipinski definition) is 4. The number of nitrogens with zero attached hydrogens (tertiary/aromatic N) is 2. The van der Waals surface area contributed by atoms with Crippen molar-refractivity contribution in [3.8, 4) is 0 Å². The molecule has 0 amide bonds. The molecule has 0 aliphatic rings. The first-order valence-corrected chi connectivity index (χ1v) is 5.73. The summed E-state index contributed by atoms with van der Waals surface area (Å²) in [7, 11) is 0. The van der Waals surface area contributed by atoms with E-state index in [0.717, 1.165) is 16.9 Å². The first-order chi connectivity index (χ1) is 7.65. The molecule has 84 valence electrons. The van der Waals surface area contributed by atoms with Crippen molar-refractivity contribution in [3.63, 3.8) is 0 Å². The first kappa shape index (κ1) is 11.2. The Morgan fingerprint density at radius 3 is 2.88 bits per heavy atom. The van der Waals surface area contributed by atoms with Gasteiger partial charge in [0.05, 0.1) is 16.9 Å². The van der Waals surface area contributed by atoms with Gasteiger partial charge >= 0.3 is 0 Å². The van der Waals surface area contributed by atoms with E-state index in [9.17, 15) is 9.50 Å². The van der Waals surface area contributed by atoms with E-state index in [1.165, 1.54) is 23.5 Å². The van der Waals surface area contributed by atoms with Crippen LogP contribution in [0.15, 0.2) is 23.7 Å². The Kier molecular flexibility index (Phi) is 3.26. The number of aliphatic hydroxyl groups is 1. The number of rotatable bonds is 3. The molecule has 0 aliphatic heterocycles. The molecule has 0 aliphatic carbocycles. The molecule has 0 spiro atoms. The molecule has 2 aromatic rings. The van der Waals surface area contributed by atoms with Crippen LogP contribution >= 0.6 is 11.3 Å². The van der Waals surface area contributed by atoms with E-state index in [1.54, 1.807) is 0 Å².